The van der Waals surface area contributed by atoms with Crippen molar-refractivity contribution in [2.45, 2.75) is 31.5 Å². The Morgan fingerprint density at radius 2 is 2.25 bits per heavy atom. The molecule has 0 aliphatic carbocycles. The van der Waals surface area contributed by atoms with E-state index in [9.17, 15) is 5.11 Å². The number of aliphatic hydroxyl groups excluding tert-OH is 1. The summed E-state index contributed by atoms with van der Waals surface area (Å²) in [6.45, 7) is 1.70. The average molecular weight is 275 g/mol. The van der Waals surface area contributed by atoms with Crippen molar-refractivity contribution in [1.29, 1.82) is 0 Å². The van der Waals surface area contributed by atoms with E-state index < -0.39 is 0 Å². The van der Waals surface area contributed by atoms with E-state index in [4.69, 9.17) is 0 Å². The summed E-state index contributed by atoms with van der Waals surface area (Å²) < 4.78 is 3.84. The quantitative estimate of drug-likeness (QED) is 0.873. The molecule has 3 rings (SSSR count). The lowest BCUT2D eigenvalue weighted by molar-refractivity contribution is 0.110. The molecule has 0 spiro atoms. The third-order valence-electron chi connectivity index (χ3n) is 4.09. The summed E-state index contributed by atoms with van der Waals surface area (Å²) in [5, 5.41) is 14.4. The Balaban J connectivity index is 1.71. The fraction of sp³-hybridized carbons (Fsp3) is 0.571. The van der Waals surface area contributed by atoms with Crippen LogP contribution >= 0.6 is 0 Å². The van der Waals surface area contributed by atoms with E-state index in [0.29, 0.717) is 0 Å². The Kier molecular flexibility index (Phi) is 3.58. The maximum atomic E-state index is 10.2. The van der Waals surface area contributed by atoms with E-state index in [2.05, 4.69) is 15.0 Å². The molecule has 2 aromatic rings. The van der Waals surface area contributed by atoms with Crippen LogP contribution in [0, 0.1) is 0 Å². The first-order valence-corrected chi connectivity index (χ1v) is 6.99. The Morgan fingerprint density at radius 1 is 1.40 bits per heavy atom. The Morgan fingerprint density at radius 3 is 2.90 bits per heavy atom. The van der Waals surface area contributed by atoms with Crippen LogP contribution in [0.2, 0.25) is 0 Å². The molecule has 6 heteroatoms. The second-order valence-corrected chi connectivity index (χ2v) is 5.57. The topological polar surface area (TPSA) is 59.1 Å². The standard InChI is InChI=1S/C14H21N5O/c1-17-6-4-15-14(17)10-19-5-3-13(20)12(19)7-11-8-16-18(2)9-11/h4,6,8-9,12-13,20H,3,5,7,10H2,1-2H3/t12-,13-/m1/s1. The lowest BCUT2D eigenvalue weighted by Gasteiger charge is -2.25. The number of aliphatic hydroxyl groups is 1. The lowest BCUT2D eigenvalue weighted by Crippen LogP contribution is -2.37. The summed E-state index contributed by atoms with van der Waals surface area (Å²) in [5.74, 6) is 1.04. The summed E-state index contributed by atoms with van der Waals surface area (Å²) in [7, 11) is 3.92. The molecule has 1 N–H and O–H groups in total. The van der Waals surface area contributed by atoms with Gasteiger partial charge in [0, 0.05) is 45.3 Å². The molecule has 0 bridgehead atoms. The predicted molar refractivity (Wildman–Crippen MR) is 74.9 cm³/mol. The molecular weight excluding hydrogens is 254 g/mol. The zero-order chi connectivity index (χ0) is 14.1. The van der Waals surface area contributed by atoms with Gasteiger partial charge in [-0.25, -0.2) is 4.98 Å². The zero-order valence-electron chi connectivity index (χ0n) is 12.0. The Labute approximate surface area is 118 Å². The van der Waals surface area contributed by atoms with Gasteiger partial charge in [-0.1, -0.05) is 0 Å². The smallest absolute Gasteiger partial charge is 0.122 e. The van der Waals surface area contributed by atoms with E-state index in [1.165, 1.54) is 5.56 Å². The van der Waals surface area contributed by atoms with Crippen LogP contribution in [0.3, 0.4) is 0 Å². The molecule has 2 aromatic heterocycles. The highest BCUT2D eigenvalue weighted by Gasteiger charge is 2.33. The highest BCUT2D eigenvalue weighted by Crippen LogP contribution is 2.23. The minimum atomic E-state index is -0.268. The number of imidazole rings is 1. The van der Waals surface area contributed by atoms with Gasteiger partial charge < -0.3 is 9.67 Å². The van der Waals surface area contributed by atoms with Crippen LogP contribution in [0.4, 0.5) is 0 Å². The first-order valence-electron chi connectivity index (χ1n) is 6.99. The fourth-order valence-electron chi connectivity index (χ4n) is 2.91. The molecule has 0 saturated carbocycles. The third kappa shape index (κ3) is 2.62. The summed E-state index contributed by atoms with van der Waals surface area (Å²) in [4.78, 5) is 6.69. The third-order valence-corrected chi connectivity index (χ3v) is 4.09. The molecule has 1 aliphatic heterocycles. The van der Waals surface area contributed by atoms with E-state index >= 15 is 0 Å². The summed E-state index contributed by atoms with van der Waals surface area (Å²) in [6.07, 6.45) is 9.06. The van der Waals surface area contributed by atoms with Gasteiger partial charge in [-0.05, 0) is 18.4 Å². The first-order chi connectivity index (χ1) is 9.63. The van der Waals surface area contributed by atoms with Gasteiger partial charge in [0.1, 0.15) is 5.82 Å². The molecule has 3 heterocycles. The van der Waals surface area contributed by atoms with Crippen LogP contribution in [0.5, 0.6) is 0 Å². The Bertz CT molecular complexity index is 576. The van der Waals surface area contributed by atoms with Crippen molar-refractivity contribution in [2.75, 3.05) is 6.54 Å². The van der Waals surface area contributed by atoms with E-state index in [0.717, 1.165) is 31.8 Å². The van der Waals surface area contributed by atoms with Gasteiger partial charge in [-0.2, -0.15) is 5.10 Å². The predicted octanol–water partition coefficient (Wildman–Crippen LogP) is 0.331. The van der Waals surface area contributed by atoms with Crippen LogP contribution in [0.25, 0.3) is 0 Å². The number of aryl methyl sites for hydroxylation is 2. The molecule has 0 amide bonds. The molecule has 1 fully saturated rings. The van der Waals surface area contributed by atoms with Gasteiger partial charge >= 0.3 is 0 Å². The minimum Gasteiger partial charge on any atom is -0.391 e. The van der Waals surface area contributed by atoms with Crippen LogP contribution in [-0.4, -0.2) is 48.0 Å². The van der Waals surface area contributed by atoms with Gasteiger partial charge in [0.05, 0.1) is 18.8 Å². The van der Waals surface area contributed by atoms with E-state index in [1.54, 1.807) is 4.68 Å². The average Bonchev–Trinajstić information content (AvgIpc) is 3.08. The highest BCUT2D eigenvalue weighted by molar-refractivity contribution is 5.09. The zero-order valence-corrected chi connectivity index (χ0v) is 12.0. The molecule has 1 saturated heterocycles. The normalized spacial score (nSPS) is 23.6. The second kappa shape index (κ2) is 5.38. The van der Waals surface area contributed by atoms with E-state index in [1.807, 2.05) is 43.4 Å². The number of hydrogen-bond acceptors (Lipinski definition) is 4. The summed E-state index contributed by atoms with van der Waals surface area (Å²) >= 11 is 0. The highest BCUT2D eigenvalue weighted by atomic mass is 16.3. The van der Waals surface area contributed by atoms with Crippen LogP contribution < -0.4 is 0 Å². The van der Waals surface area contributed by atoms with Gasteiger partial charge in [-0.3, -0.25) is 9.58 Å². The number of nitrogens with zero attached hydrogens (tertiary/aromatic N) is 5. The van der Waals surface area contributed by atoms with Gasteiger partial charge in [0.2, 0.25) is 0 Å². The van der Waals surface area contributed by atoms with E-state index in [-0.39, 0.29) is 12.1 Å². The van der Waals surface area contributed by atoms with Crippen molar-refractivity contribution in [3.8, 4) is 0 Å². The van der Waals surface area contributed by atoms with Crippen molar-refractivity contribution < 1.29 is 5.11 Å². The number of aromatic nitrogens is 4. The van der Waals surface area contributed by atoms with Crippen LogP contribution in [0.1, 0.15) is 17.8 Å². The van der Waals surface area contributed by atoms with Crippen LogP contribution in [-0.2, 0) is 27.1 Å². The molecule has 108 valence electrons. The molecule has 0 unspecified atom stereocenters. The van der Waals surface area contributed by atoms with Crippen LogP contribution in [0.15, 0.2) is 24.8 Å². The number of rotatable bonds is 4. The van der Waals surface area contributed by atoms with Crippen molar-refractivity contribution >= 4 is 0 Å². The fourth-order valence-corrected chi connectivity index (χ4v) is 2.91. The maximum absolute atomic E-state index is 10.2. The monoisotopic (exact) mass is 275 g/mol. The molecule has 6 nitrogen and oxygen atoms in total. The largest absolute Gasteiger partial charge is 0.391 e. The molecule has 0 aromatic carbocycles. The molecule has 20 heavy (non-hydrogen) atoms. The first kappa shape index (κ1) is 13.3. The summed E-state index contributed by atoms with van der Waals surface area (Å²) in [5.41, 5.74) is 1.17. The van der Waals surface area contributed by atoms with Crippen molar-refractivity contribution in [3.63, 3.8) is 0 Å². The van der Waals surface area contributed by atoms with Gasteiger partial charge in [-0.15, -0.1) is 0 Å². The molecular formula is C14H21N5O. The SMILES string of the molecule is Cn1cc(C[C@@H]2[C@H](O)CCN2Cc2nccn2C)cn1. The van der Waals surface area contributed by atoms with Crippen molar-refractivity contribution in [3.05, 3.63) is 36.2 Å². The Hall–Kier alpha value is -1.66. The van der Waals surface area contributed by atoms with Gasteiger partial charge in [0.15, 0.2) is 0 Å². The lowest BCUT2D eigenvalue weighted by atomic mass is 10.0. The molecule has 0 radical (unpaired) electrons. The molecule has 1 aliphatic rings. The molecule has 2 atom stereocenters. The van der Waals surface area contributed by atoms with Crippen molar-refractivity contribution in [2.24, 2.45) is 14.1 Å². The maximum Gasteiger partial charge on any atom is 0.122 e. The second-order valence-electron chi connectivity index (χ2n) is 5.57. The number of likely N-dealkylation sites (tertiary alicyclic amines) is 1. The minimum absolute atomic E-state index is 0.149. The number of hydrogen-bond donors (Lipinski definition) is 1. The summed E-state index contributed by atoms with van der Waals surface area (Å²) in [6, 6.07) is 0.149. The van der Waals surface area contributed by atoms with Gasteiger partial charge in [0.25, 0.3) is 0 Å². The van der Waals surface area contributed by atoms with Crippen molar-refractivity contribution in [1.82, 2.24) is 24.2 Å².